The number of benzene rings is 3. The standard InChI is InChI=1S/C45H54N4O14S/c1-29(2)61-33-14-15-37-35(28-33)42(45(55)62-43-30(3)26-32(27-31(43)4)44(54)58-5)34-10-6-7-11-36(34)48(37)20-9-25-64(56,57)47-19-22-60-24-23-59-21-18-46-38(50)12-8-13-41(53)63-49-39(51)16-17-40(49)52/h6-7,10-11,14-15,26-29,47H,8-9,12-13,16-25H2,1-5H3/p+1. The molecule has 4 aromatic rings. The van der Waals surface area contributed by atoms with Gasteiger partial charge in [-0.2, -0.15) is 4.57 Å². The number of pyridine rings is 1. The molecule has 18 nitrogen and oxygen atoms in total. The van der Waals surface area contributed by atoms with Crippen LogP contribution in [0, 0.1) is 13.8 Å². The van der Waals surface area contributed by atoms with Crippen molar-refractivity contribution in [2.75, 3.05) is 52.4 Å². The second-order valence-electron chi connectivity index (χ2n) is 15.2. The topological polar surface area (TPSA) is 223 Å². The van der Waals surface area contributed by atoms with Crippen LogP contribution in [0.1, 0.15) is 84.2 Å². The number of rotatable bonds is 24. The molecule has 0 unspecified atom stereocenters. The minimum Gasteiger partial charge on any atom is -0.491 e. The second kappa shape index (κ2) is 23.1. The van der Waals surface area contributed by atoms with Crippen LogP contribution in [0.3, 0.4) is 0 Å². The van der Waals surface area contributed by atoms with E-state index in [1.54, 1.807) is 32.0 Å². The normalized spacial score (nSPS) is 12.9. The maximum absolute atomic E-state index is 14.2. The van der Waals surface area contributed by atoms with Crippen LogP contribution < -0.4 is 24.1 Å². The number of para-hydroxylation sites is 1. The van der Waals surface area contributed by atoms with E-state index in [1.165, 1.54) is 7.11 Å². The number of aryl methyl sites for hydroxylation is 3. The van der Waals surface area contributed by atoms with Crippen molar-refractivity contribution < 1.29 is 70.3 Å². The molecule has 19 heteroatoms. The average molecular weight is 908 g/mol. The van der Waals surface area contributed by atoms with Crippen molar-refractivity contribution in [3.8, 4) is 11.5 Å². The first-order valence-electron chi connectivity index (χ1n) is 21.0. The highest BCUT2D eigenvalue weighted by Crippen LogP contribution is 2.32. The zero-order chi connectivity index (χ0) is 46.4. The Balaban J connectivity index is 1.09. The lowest BCUT2D eigenvalue weighted by atomic mass is 10.0. The quantitative estimate of drug-likeness (QED) is 0.0254. The van der Waals surface area contributed by atoms with Crippen molar-refractivity contribution in [1.29, 1.82) is 0 Å². The first-order valence-corrected chi connectivity index (χ1v) is 22.7. The van der Waals surface area contributed by atoms with Gasteiger partial charge < -0.3 is 33.8 Å². The summed E-state index contributed by atoms with van der Waals surface area (Å²) in [6, 6.07) is 16.0. The Kier molecular flexibility index (Phi) is 17.7. The van der Waals surface area contributed by atoms with Gasteiger partial charge in [-0.15, -0.1) is 5.06 Å². The summed E-state index contributed by atoms with van der Waals surface area (Å²) in [4.78, 5) is 78.2. The van der Waals surface area contributed by atoms with E-state index in [0.717, 1.165) is 0 Å². The van der Waals surface area contributed by atoms with Gasteiger partial charge in [0.25, 0.3) is 11.8 Å². The van der Waals surface area contributed by atoms with Crippen LogP contribution in [0.2, 0.25) is 0 Å². The smallest absolute Gasteiger partial charge is 0.345 e. The van der Waals surface area contributed by atoms with E-state index >= 15 is 0 Å². The Bertz CT molecular complexity index is 2450. The number of ether oxygens (including phenoxy) is 5. The van der Waals surface area contributed by atoms with E-state index in [1.807, 2.05) is 54.8 Å². The second-order valence-corrected chi connectivity index (χ2v) is 17.2. The fraction of sp³-hybridized carbons (Fsp3) is 0.444. The van der Waals surface area contributed by atoms with Crippen molar-refractivity contribution in [3.05, 3.63) is 76.9 Å². The molecule has 2 N–H and O–H groups in total. The highest BCUT2D eigenvalue weighted by atomic mass is 32.2. The van der Waals surface area contributed by atoms with E-state index in [2.05, 4.69) is 10.0 Å². The van der Waals surface area contributed by atoms with Crippen molar-refractivity contribution in [2.24, 2.45) is 0 Å². The average Bonchev–Trinajstić information content (AvgIpc) is 3.56. The molecule has 3 amide bonds. The van der Waals surface area contributed by atoms with Crippen molar-refractivity contribution >= 4 is 67.5 Å². The first kappa shape index (κ1) is 49.0. The SMILES string of the molecule is COC(=O)c1cc(C)c(OC(=O)c2c3ccccc3[n+](CCCS(=O)(=O)NCCOCCOCCNC(=O)CCCC(=O)ON3C(=O)CCC3=O)c3ccc(OC(C)C)cc23)c(C)c1. The molecule has 0 bridgehead atoms. The molecule has 1 fully saturated rings. The summed E-state index contributed by atoms with van der Waals surface area (Å²) in [6.07, 6.45) is 0.205. The number of sulfonamides is 1. The molecule has 0 saturated carbocycles. The third-order valence-corrected chi connectivity index (χ3v) is 11.4. The Morgan fingerprint density at radius 1 is 0.797 bits per heavy atom. The van der Waals surface area contributed by atoms with Gasteiger partial charge in [0.2, 0.25) is 27.0 Å². The number of carbonyl (C=O) groups is 6. The fourth-order valence-corrected chi connectivity index (χ4v) is 8.12. The van der Waals surface area contributed by atoms with Crippen molar-refractivity contribution in [1.82, 2.24) is 15.1 Å². The van der Waals surface area contributed by atoms with Crippen LogP contribution >= 0.6 is 0 Å². The lowest BCUT2D eigenvalue weighted by molar-refractivity contribution is -0.645. The molecule has 3 aromatic carbocycles. The summed E-state index contributed by atoms with van der Waals surface area (Å²) in [7, 11) is -2.38. The Morgan fingerprint density at radius 3 is 2.12 bits per heavy atom. The summed E-state index contributed by atoms with van der Waals surface area (Å²) in [5, 5.41) is 4.29. The minimum absolute atomic E-state index is 0.00314. The Hall–Kier alpha value is -6.02. The highest BCUT2D eigenvalue weighted by Gasteiger charge is 2.33. The van der Waals surface area contributed by atoms with E-state index < -0.39 is 39.7 Å². The number of hydrogen-bond acceptors (Lipinski definition) is 14. The summed E-state index contributed by atoms with van der Waals surface area (Å²) in [5.74, 6) is -2.62. The minimum atomic E-state index is -3.68. The maximum Gasteiger partial charge on any atom is 0.345 e. The molecule has 0 spiro atoms. The highest BCUT2D eigenvalue weighted by molar-refractivity contribution is 7.89. The predicted octanol–water partition coefficient (Wildman–Crippen LogP) is 3.93. The number of aromatic nitrogens is 1. The molecule has 2 heterocycles. The van der Waals surface area contributed by atoms with Crippen LogP contribution in [-0.2, 0) is 54.8 Å². The van der Waals surface area contributed by atoms with Gasteiger partial charge >= 0.3 is 17.9 Å². The zero-order valence-corrected chi connectivity index (χ0v) is 37.5. The zero-order valence-electron chi connectivity index (χ0n) is 36.7. The third kappa shape index (κ3) is 13.5. The van der Waals surface area contributed by atoms with Gasteiger partial charge in [-0.3, -0.25) is 14.4 Å². The molecule has 0 atom stereocenters. The van der Waals surface area contributed by atoms with Crippen LogP contribution in [0.25, 0.3) is 21.8 Å². The Morgan fingerprint density at radius 2 is 1.45 bits per heavy atom. The number of fused-ring (bicyclic) bond motifs is 2. The number of methoxy groups -OCH3 is 1. The number of hydrogen-bond donors (Lipinski definition) is 2. The van der Waals surface area contributed by atoms with Crippen LogP contribution in [0.4, 0.5) is 0 Å². The van der Waals surface area contributed by atoms with Crippen molar-refractivity contribution in [2.45, 2.75) is 78.9 Å². The van der Waals surface area contributed by atoms with Gasteiger partial charge in [-0.25, -0.2) is 27.5 Å². The summed E-state index contributed by atoms with van der Waals surface area (Å²) >= 11 is 0. The molecule has 64 heavy (non-hydrogen) atoms. The van der Waals surface area contributed by atoms with Crippen LogP contribution in [0.15, 0.2) is 54.6 Å². The molecule has 0 aliphatic carbocycles. The molecule has 5 rings (SSSR count). The lowest BCUT2D eigenvalue weighted by Gasteiger charge is -2.16. The van der Waals surface area contributed by atoms with E-state index in [0.29, 0.717) is 67.2 Å². The number of carbonyl (C=O) groups excluding carboxylic acids is 6. The molecule has 1 saturated heterocycles. The van der Waals surface area contributed by atoms with Gasteiger partial charge in [0.05, 0.1) is 67.3 Å². The molecule has 1 aliphatic heterocycles. The van der Waals surface area contributed by atoms with E-state index in [-0.39, 0.29) is 95.8 Å². The largest absolute Gasteiger partial charge is 0.491 e. The molecule has 0 radical (unpaired) electrons. The van der Waals surface area contributed by atoms with Crippen LogP contribution in [-0.4, -0.2) is 108 Å². The first-order chi connectivity index (χ1) is 30.6. The van der Waals surface area contributed by atoms with Gasteiger partial charge in [0.1, 0.15) is 11.5 Å². The third-order valence-electron chi connectivity index (χ3n) is 9.93. The molecule has 1 aliphatic rings. The van der Waals surface area contributed by atoms with E-state index in [4.69, 9.17) is 28.5 Å². The lowest BCUT2D eigenvalue weighted by Crippen LogP contribution is -2.38. The molecule has 344 valence electrons. The van der Waals surface area contributed by atoms with Crippen LogP contribution in [0.5, 0.6) is 11.5 Å². The number of imide groups is 1. The number of esters is 2. The van der Waals surface area contributed by atoms with Gasteiger partial charge in [-0.05, 0) is 75.6 Å². The number of nitrogens with zero attached hydrogens (tertiary/aromatic N) is 2. The monoisotopic (exact) mass is 907 g/mol. The van der Waals surface area contributed by atoms with E-state index in [9.17, 15) is 37.2 Å². The number of hydroxylamine groups is 2. The molecular formula is C45H55N4O14S+. The van der Waals surface area contributed by atoms with Gasteiger partial charge in [-0.1, -0.05) is 12.1 Å². The molecular weight excluding hydrogens is 853 g/mol. The predicted molar refractivity (Wildman–Crippen MR) is 232 cm³/mol. The van der Waals surface area contributed by atoms with Gasteiger partial charge in [0, 0.05) is 57.3 Å². The summed E-state index contributed by atoms with van der Waals surface area (Å²) in [6.45, 7) is 8.61. The number of nitrogens with one attached hydrogen (secondary N) is 2. The maximum atomic E-state index is 14.2. The number of amides is 3. The van der Waals surface area contributed by atoms with Gasteiger partial charge in [0.15, 0.2) is 6.54 Å². The Labute approximate surface area is 371 Å². The molecule has 1 aromatic heterocycles. The summed E-state index contributed by atoms with van der Waals surface area (Å²) in [5.41, 5.74) is 3.18. The summed E-state index contributed by atoms with van der Waals surface area (Å²) < 4.78 is 58.5. The van der Waals surface area contributed by atoms with Crippen molar-refractivity contribution in [3.63, 3.8) is 0 Å². The fourth-order valence-electron chi connectivity index (χ4n) is 7.07.